The van der Waals surface area contributed by atoms with Gasteiger partial charge >= 0.3 is 0 Å². The van der Waals surface area contributed by atoms with E-state index in [2.05, 4.69) is 40.6 Å². The number of hydrogen-bond acceptors (Lipinski definition) is 3. The minimum atomic E-state index is 0.581. The molecule has 1 aromatic carbocycles. The summed E-state index contributed by atoms with van der Waals surface area (Å²) in [5.74, 6) is 0. The van der Waals surface area contributed by atoms with Crippen LogP contribution in [0.15, 0.2) is 24.3 Å². The maximum atomic E-state index is 3.53. The van der Waals surface area contributed by atoms with Gasteiger partial charge < -0.3 is 5.32 Å². The molecule has 1 aromatic rings. The molecule has 1 atom stereocenters. The SMILES string of the molecule is CSNCC1Cc2ccccc2CN1. The maximum absolute atomic E-state index is 3.53. The molecule has 0 saturated heterocycles. The van der Waals surface area contributed by atoms with Crippen LogP contribution in [0.1, 0.15) is 11.1 Å². The first-order valence-corrected chi connectivity index (χ1v) is 6.18. The molecule has 1 aliphatic heterocycles. The van der Waals surface area contributed by atoms with Gasteiger partial charge in [0, 0.05) is 19.1 Å². The van der Waals surface area contributed by atoms with E-state index in [9.17, 15) is 0 Å². The Balaban J connectivity index is 1.99. The van der Waals surface area contributed by atoms with Crippen LogP contribution in [0.5, 0.6) is 0 Å². The summed E-state index contributed by atoms with van der Waals surface area (Å²) in [5, 5.41) is 3.53. The van der Waals surface area contributed by atoms with Crippen molar-refractivity contribution in [2.24, 2.45) is 0 Å². The smallest absolute Gasteiger partial charge is 0.0245 e. The molecule has 0 aromatic heterocycles. The first-order chi connectivity index (χ1) is 6.90. The van der Waals surface area contributed by atoms with Crippen molar-refractivity contribution >= 4 is 11.9 Å². The molecule has 0 saturated carbocycles. The lowest BCUT2D eigenvalue weighted by atomic mass is 9.96. The summed E-state index contributed by atoms with van der Waals surface area (Å²) in [7, 11) is 0. The second-order valence-corrected chi connectivity index (χ2v) is 4.30. The molecule has 1 unspecified atom stereocenters. The molecule has 0 aliphatic carbocycles. The number of nitrogens with one attached hydrogen (secondary N) is 2. The molecule has 0 spiro atoms. The zero-order valence-electron chi connectivity index (χ0n) is 8.42. The van der Waals surface area contributed by atoms with Crippen LogP contribution in [0.4, 0.5) is 0 Å². The first-order valence-electron chi connectivity index (χ1n) is 4.96. The number of rotatable bonds is 3. The third-order valence-electron chi connectivity index (χ3n) is 2.64. The predicted octanol–water partition coefficient (Wildman–Crippen LogP) is 1.57. The number of fused-ring (bicyclic) bond motifs is 1. The molecule has 0 amide bonds. The van der Waals surface area contributed by atoms with Crippen LogP contribution in [0, 0.1) is 0 Å². The Labute approximate surface area is 89.6 Å². The Morgan fingerprint density at radius 2 is 2.21 bits per heavy atom. The summed E-state index contributed by atoms with van der Waals surface area (Å²) in [4.78, 5) is 0. The van der Waals surface area contributed by atoms with Gasteiger partial charge in [-0.3, -0.25) is 4.72 Å². The van der Waals surface area contributed by atoms with Gasteiger partial charge in [-0.15, -0.1) is 0 Å². The topological polar surface area (TPSA) is 24.1 Å². The van der Waals surface area contributed by atoms with Crippen molar-refractivity contribution < 1.29 is 0 Å². The van der Waals surface area contributed by atoms with E-state index in [0.717, 1.165) is 19.5 Å². The van der Waals surface area contributed by atoms with Crippen molar-refractivity contribution in [3.05, 3.63) is 35.4 Å². The van der Waals surface area contributed by atoms with Gasteiger partial charge in [-0.1, -0.05) is 36.2 Å². The highest BCUT2D eigenvalue weighted by molar-refractivity contribution is 7.96. The summed E-state index contributed by atoms with van der Waals surface area (Å²) in [6, 6.07) is 9.27. The molecule has 2 N–H and O–H groups in total. The highest BCUT2D eigenvalue weighted by Gasteiger charge is 2.16. The van der Waals surface area contributed by atoms with Gasteiger partial charge in [0.05, 0.1) is 0 Å². The van der Waals surface area contributed by atoms with Gasteiger partial charge in [0.25, 0.3) is 0 Å². The molecule has 14 heavy (non-hydrogen) atoms. The van der Waals surface area contributed by atoms with Crippen LogP contribution < -0.4 is 10.0 Å². The van der Waals surface area contributed by atoms with Gasteiger partial charge in [0.15, 0.2) is 0 Å². The molecule has 2 nitrogen and oxygen atoms in total. The molecule has 0 radical (unpaired) electrons. The van der Waals surface area contributed by atoms with Gasteiger partial charge in [-0.25, -0.2) is 0 Å². The zero-order valence-corrected chi connectivity index (χ0v) is 9.23. The Bertz CT molecular complexity index is 301. The van der Waals surface area contributed by atoms with Crippen LogP contribution in [0.3, 0.4) is 0 Å². The second kappa shape index (κ2) is 4.82. The van der Waals surface area contributed by atoms with E-state index in [1.807, 2.05) is 0 Å². The van der Waals surface area contributed by atoms with Gasteiger partial charge in [-0.2, -0.15) is 0 Å². The monoisotopic (exact) mass is 208 g/mol. The van der Waals surface area contributed by atoms with E-state index >= 15 is 0 Å². The Morgan fingerprint density at radius 1 is 1.43 bits per heavy atom. The van der Waals surface area contributed by atoms with Gasteiger partial charge in [-0.05, 0) is 23.8 Å². The van der Waals surface area contributed by atoms with Crippen molar-refractivity contribution in [1.29, 1.82) is 0 Å². The second-order valence-electron chi connectivity index (χ2n) is 3.60. The van der Waals surface area contributed by atoms with E-state index in [0.29, 0.717) is 6.04 Å². The lowest BCUT2D eigenvalue weighted by molar-refractivity contribution is 0.479. The van der Waals surface area contributed by atoms with Gasteiger partial charge in [0.2, 0.25) is 0 Å². The largest absolute Gasteiger partial charge is 0.308 e. The molecule has 76 valence electrons. The minimum absolute atomic E-state index is 0.581. The highest BCUT2D eigenvalue weighted by Crippen LogP contribution is 2.15. The Morgan fingerprint density at radius 3 is 3.00 bits per heavy atom. The quantitative estimate of drug-likeness (QED) is 0.737. The van der Waals surface area contributed by atoms with E-state index in [1.165, 1.54) is 11.1 Å². The van der Waals surface area contributed by atoms with E-state index < -0.39 is 0 Å². The van der Waals surface area contributed by atoms with Crippen molar-refractivity contribution in [2.75, 3.05) is 12.8 Å². The van der Waals surface area contributed by atoms with Gasteiger partial charge in [0.1, 0.15) is 0 Å². The van der Waals surface area contributed by atoms with E-state index in [4.69, 9.17) is 0 Å². The summed E-state index contributed by atoms with van der Waals surface area (Å²) in [6.45, 7) is 2.05. The molecular formula is C11H16N2S. The summed E-state index contributed by atoms with van der Waals surface area (Å²) < 4.78 is 3.30. The zero-order chi connectivity index (χ0) is 9.80. The van der Waals surface area contributed by atoms with Crippen LogP contribution in [0.2, 0.25) is 0 Å². The van der Waals surface area contributed by atoms with Crippen LogP contribution in [-0.4, -0.2) is 18.8 Å². The minimum Gasteiger partial charge on any atom is -0.308 e. The molecule has 0 bridgehead atoms. The summed E-state index contributed by atoms with van der Waals surface area (Å²) >= 11 is 1.69. The third-order valence-corrected chi connectivity index (χ3v) is 3.10. The molecule has 2 rings (SSSR count). The fourth-order valence-electron chi connectivity index (χ4n) is 1.85. The lowest BCUT2D eigenvalue weighted by Crippen LogP contribution is -2.41. The molecule has 1 heterocycles. The van der Waals surface area contributed by atoms with Crippen molar-refractivity contribution in [3.63, 3.8) is 0 Å². The maximum Gasteiger partial charge on any atom is 0.0245 e. The van der Waals surface area contributed by atoms with Crippen molar-refractivity contribution in [2.45, 2.75) is 19.0 Å². The average molecular weight is 208 g/mol. The van der Waals surface area contributed by atoms with E-state index in [-0.39, 0.29) is 0 Å². The van der Waals surface area contributed by atoms with Crippen molar-refractivity contribution in [3.8, 4) is 0 Å². The van der Waals surface area contributed by atoms with Crippen LogP contribution in [-0.2, 0) is 13.0 Å². The number of hydrogen-bond donors (Lipinski definition) is 2. The fraction of sp³-hybridized carbons (Fsp3) is 0.455. The van der Waals surface area contributed by atoms with Crippen LogP contribution in [0.25, 0.3) is 0 Å². The van der Waals surface area contributed by atoms with Crippen LogP contribution >= 0.6 is 11.9 Å². The fourth-order valence-corrected chi connectivity index (χ4v) is 2.22. The molecule has 0 fully saturated rings. The lowest BCUT2D eigenvalue weighted by Gasteiger charge is -2.25. The standard InChI is InChI=1S/C11H16N2S/c1-14-13-8-11-6-9-4-2-3-5-10(9)7-12-11/h2-5,11-13H,6-8H2,1H3. The summed E-state index contributed by atoms with van der Waals surface area (Å²) in [5.41, 5.74) is 2.95. The van der Waals surface area contributed by atoms with E-state index in [1.54, 1.807) is 11.9 Å². The average Bonchev–Trinajstić information content (AvgIpc) is 2.26. The Kier molecular flexibility index (Phi) is 3.45. The first kappa shape index (κ1) is 10.0. The normalized spacial score (nSPS) is 20.5. The molecular weight excluding hydrogens is 192 g/mol. The summed E-state index contributed by atoms with van der Waals surface area (Å²) in [6.07, 6.45) is 3.21. The Hall–Kier alpha value is -0.510. The number of benzene rings is 1. The highest BCUT2D eigenvalue weighted by atomic mass is 32.2. The third kappa shape index (κ3) is 2.29. The molecule has 3 heteroatoms. The molecule has 1 aliphatic rings. The predicted molar refractivity (Wildman–Crippen MR) is 62.3 cm³/mol. The van der Waals surface area contributed by atoms with Crippen molar-refractivity contribution in [1.82, 2.24) is 10.0 Å².